The van der Waals surface area contributed by atoms with Crippen LogP contribution in [-0.2, 0) is 40.3 Å². The van der Waals surface area contributed by atoms with Crippen LogP contribution < -0.4 is 19.2 Å². The number of phenols is 2. The Labute approximate surface area is 318 Å². The fourth-order valence-electron chi connectivity index (χ4n) is 7.24. The number of rotatable bonds is 6. The minimum Gasteiger partial charge on any atom is -0.507 e. The number of urea groups is 1. The summed E-state index contributed by atoms with van der Waals surface area (Å²) in [5.41, 5.74) is -2.46. The van der Waals surface area contributed by atoms with Gasteiger partial charge in [-0.05, 0) is 72.1 Å². The summed E-state index contributed by atoms with van der Waals surface area (Å²) in [5, 5.41) is 26.5. The molecule has 0 aromatic heterocycles. The van der Waals surface area contributed by atoms with Gasteiger partial charge in [0.15, 0.2) is 0 Å². The van der Waals surface area contributed by atoms with Crippen molar-refractivity contribution in [2.75, 3.05) is 19.2 Å². The van der Waals surface area contributed by atoms with Crippen LogP contribution in [0.1, 0.15) is 11.1 Å². The molecule has 4 bridgehead atoms. The van der Waals surface area contributed by atoms with Crippen LogP contribution in [0.3, 0.4) is 0 Å². The highest BCUT2D eigenvalue weighted by atomic mass is 32.2. The Balaban J connectivity index is 1.28. The molecular weight excluding hydrogens is 813 g/mol. The molecule has 2 aliphatic heterocycles. The standard InChI is InChI=1S/C35H26N4O13S4/c1-17-9-13-21-29(33(17)53(43,44)38(21)31-25(55(47,48)49)15-11-19-5-3-7-23(40)27(19)31)36-35(42)37-30-22-14-10-18(2)34(30)54(45,46)39(22)32-26(56(50,51)52)16-12-20-6-4-8-24(41)28(20)32/h3-16,40-41H,1-2H3,(H2,36,37,42)(H,47,48,49)(H,50,51,52). The first kappa shape index (κ1) is 37.0. The third-order valence-corrected chi connectivity index (χ3v) is 15.0. The number of phenolic OH excluding ortho intramolecular Hbond substituents is 2. The summed E-state index contributed by atoms with van der Waals surface area (Å²) in [6.07, 6.45) is 0. The van der Waals surface area contributed by atoms with E-state index in [2.05, 4.69) is 10.6 Å². The summed E-state index contributed by atoms with van der Waals surface area (Å²) >= 11 is 0. The number of sulfonamides is 2. The summed E-state index contributed by atoms with van der Waals surface area (Å²) in [5.74, 6) is -1.05. The maximum Gasteiger partial charge on any atom is 0.323 e. The molecule has 2 aliphatic rings. The van der Waals surface area contributed by atoms with Gasteiger partial charge in [0.1, 0.15) is 31.1 Å². The molecule has 21 heteroatoms. The molecule has 0 saturated carbocycles. The molecule has 0 saturated heterocycles. The van der Waals surface area contributed by atoms with Crippen LogP contribution in [-0.4, -0.2) is 59.0 Å². The molecule has 6 aromatic rings. The largest absolute Gasteiger partial charge is 0.507 e. The molecule has 0 aliphatic carbocycles. The van der Waals surface area contributed by atoms with Crippen LogP contribution in [0.4, 0.5) is 38.9 Å². The number of aromatic hydroxyl groups is 2. The second kappa shape index (κ2) is 12.0. The number of nitrogens with one attached hydrogen (secondary N) is 2. The third kappa shape index (κ3) is 5.27. The van der Waals surface area contributed by atoms with Gasteiger partial charge < -0.3 is 20.8 Å². The van der Waals surface area contributed by atoms with Crippen molar-refractivity contribution in [2.45, 2.75) is 33.4 Å². The molecule has 8 rings (SSSR count). The van der Waals surface area contributed by atoms with Crippen LogP contribution in [0, 0.1) is 13.8 Å². The first-order valence-corrected chi connectivity index (χ1v) is 21.8. The Morgan fingerprint density at radius 1 is 0.571 bits per heavy atom. The number of benzene rings is 6. The predicted molar refractivity (Wildman–Crippen MR) is 205 cm³/mol. The second-order valence-corrected chi connectivity index (χ2v) is 19.1. The summed E-state index contributed by atoms with van der Waals surface area (Å²) in [4.78, 5) is 11.2. The van der Waals surface area contributed by atoms with Gasteiger partial charge in [-0.1, -0.05) is 48.5 Å². The Bertz CT molecular complexity index is 3050. The highest BCUT2D eigenvalue weighted by Gasteiger charge is 2.46. The molecule has 0 spiro atoms. The van der Waals surface area contributed by atoms with Gasteiger partial charge in [0.2, 0.25) is 0 Å². The van der Waals surface area contributed by atoms with Crippen molar-refractivity contribution in [1.29, 1.82) is 0 Å². The zero-order chi connectivity index (χ0) is 40.4. The van der Waals surface area contributed by atoms with Crippen molar-refractivity contribution in [3.05, 3.63) is 96.1 Å². The van der Waals surface area contributed by atoms with Crippen LogP contribution in [0.5, 0.6) is 11.5 Å². The summed E-state index contributed by atoms with van der Waals surface area (Å²) in [6.45, 7) is 2.80. The fourth-order valence-corrected chi connectivity index (χ4v) is 12.5. The molecule has 2 heterocycles. The van der Waals surface area contributed by atoms with Crippen molar-refractivity contribution in [2.24, 2.45) is 0 Å². The summed E-state index contributed by atoms with van der Waals surface area (Å²) in [6, 6.07) is 16.7. The van der Waals surface area contributed by atoms with E-state index in [1.54, 1.807) is 0 Å². The number of hydrogen-bond acceptors (Lipinski definition) is 11. The van der Waals surface area contributed by atoms with Gasteiger partial charge in [0, 0.05) is 10.8 Å². The maximum atomic E-state index is 14.3. The van der Waals surface area contributed by atoms with E-state index in [1.807, 2.05) is 0 Å². The van der Waals surface area contributed by atoms with Crippen molar-refractivity contribution < 1.29 is 57.8 Å². The monoisotopic (exact) mass is 838 g/mol. The molecule has 6 N–H and O–H groups in total. The number of carbonyl (C=O) groups is 1. The van der Waals surface area contributed by atoms with Crippen molar-refractivity contribution in [3.63, 3.8) is 0 Å². The lowest BCUT2D eigenvalue weighted by molar-refractivity contribution is 0.262. The van der Waals surface area contributed by atoms with Crippen molar-refractivity contribution in [1.82, 2.24) is 0 Å². The SMILES string of the molecule is Cc1ccc2c(NC(=O)Nc3c4ccc(C)c3S(=O)(=O)N4c3c(S(=O)(=O)O)ccc4cccc(O)c34)c1S(=O)(=O)N2c1c(S(=O)(=O)O)ccc2cccc(O)c12. The van der Waals surface area contributed by atoms with Gasteiger partial charge in [-0.3, -0.25) is 9.11 Å². The Morgan fingerprint density at radius 2 is 0.946 bits per heavy atom. The summed E-state index contributed by atoms with van der Waals surface area (Å²) in [7, 11) is -19.9. The molecule has 0 unspecified atom stereocenters. The third-order valence-electron chi connectivity index (χ3n) is 9.46. The van der Waals surface area contributed by atoms with Crippen molar-refractivity contribution in [3.8, 4) is 11.5 Å². The molecule has 2 amide bonds. The maximum absolute atomic E-state index is 14.3. The van der Waals surface area contributed by atoms with E-state index in [9.17, 15) is 57.8 Å². The number of aryl methyl sites for hydroxylation is 2. The van der Waals surface area contributed by atoms with Crippen LogP contribution in [0.2, 0.25) is 0 Å². The first-order chi connectivity index (χ1) is 26.2. The average Bonchev–Trinajstić information content (AvgIpc) is 3.34. The quantitative estimate of drug-likeness (QED) is 0.108. The molecule has 56 heavy (non-hydrogen) atoms. The lowest BCUT2D eigenvalue weighted by Crippen LogP contribution is -2.23. The van der Waals surface area contributed by atoms with Crippen LogP contribution in [0.25, 0.3) is 21.5 Å². The van der Waals surface area contributed by atoms with E-state index >= 15 is 0 Å². The van der Waals surface area contributed by atoms with Gasteiger partial charge in [-0.25, -0.2) is 30.2 Å². The number of fused-ring (bicyclic) bond motifs is 6. The lowest BCUT2D eigenvalue weighted by atomic mass is 10.1. The highest BCUT2D eigenvalue weighted by molar-refractivity contribution is 7.94. The number of amides is 2. The van der Waals surface area contributed by atoms with E-state index in [4.69, 9.17) is 0 Å². The smallest absolute Gasteiger partial charge is 0.323 e. The van der Waals surface area contributed by atoms with Crippen LogP contribution in [0.15, 0.2) is 105 Å². The zero-order valence-corrected chi connectivity index (χ0v) is 31.8. The molecule has 0 fully saturated rings. The Morgan fingerprint density at radius 3 is 1.30 bits per heavy atom. The van der Waals surface area contributed by atoms with Crippen molar-refractivity contribution >= 4 is 102 Å². The van der Waals surface area contributed by atoms with Gasteiger partial charge in [-0.15, -0.1) is 0 Å². The number of anilines is 6. The Hall–Kier alpha value is -5.97. The van der Waals surface area contributed by atoms with Gasteiger partial charge in [0.05, 0.1) is 34.1 Å². The molecular formula is C35H26N4O13S4. The topological polar surface area (TPSA) is 265 Å². The first-order valence-electron chi connectivity index (χ1n) is 16.1. The molecule has 17 nitrogen and oxygen atoms in total. The Kier molecular flexibility index (Phi) is 7.93. The summed E-state index contributed by atoms with van der Waals surface area (Å²) < 4.78 is 130. The fraction of sp³-hybridized carbons (Fsp3) is 0.0571. The molecule has 0 atom stereocenters. The molecule has 6 aromatic carbocycles. The normalized spacial score (nSPS) is 15.4. The molecule has 288 valence electrons. The predicted octanol–water partition coefficient (Wildman–Crippen LogP) is 5.84. The molecule has 0 radical (unpaired) electrons. The average molecular weight is 839 g/mol. The van der Waals surface area contributed by atoms with E-state index in [0.717, 1.165) is 12.1 Å². The van der Waals surface area contributed by atoms with E-state index < -0.39 is 88.8 Å². The number of nitrogens with zero attached hydrogens (tertiary/aromatic N) is 2. The number of hydrogen-bond donors (Lipinski definition) is 6. The number of carbonyl (C=O) groups excluding carboxylic acids is 1. The van der Waals surface area contributed by atoms with Gasteiger partial charge >= 0.3 is 6.03 Å². The van der Waals surface area contributed by atoms with E-state index in [-0.39, 0.29) is 55.4 Å². The lowest BCUT2D eigenvalue weighted by Gasteiger charge is -2.23. The van der Waals surface area contributed by atoms with E-state index in [0.29, 0.717) is 8.61 Å². The zero-order valence-electron chi connectivity index (χ0n) is 28.6. The second-order valence-electron chi connectivity index (χ2n) is 12.9. The highest BCUT2D eigenvalue weighted by Crippen LogP contribution is 2.55. The minimum absolute atomic E-state index is 0.0907. The van der Waals surface area contributed by atoms with Crippen LogP contribution >= 0.6 is 0 Å². The van der Waals surface area contributed by atoms with Gasteiger partial charge in [0.25, 0.3) is 40.3 Å². The minimum atomic E-state index is -5.14. The van der Waals surface area contributed by atoms with Gasteiger partial charge in [-0.2, -0.15) is 16.8 Å². The van der Waals surface area contributed by atoms with E-state index in [1.165, 1.54) is 86.6 Å².